The van der Waals surface area contributed by atoms with Crippen molar-refractivity contribution in [1.29, 1.82) is 0 Å². The predicted molar refractivity (Wildman–Crippen MR) is 50.3 cm³/mol. The van der Waals surface area contributed by atoms with Crippen LogP contribution in [0.4, 0.5) is 0 Å². The molecule has 2 rings (SSSR count). The van der Waals surface area contributed by atoms with Gasteiger partial charge in [0.1, 0.15) is 24.4 Å². The van der Waals surface area contributed by atoms with Crippen molar-refractivity contribution in [3.05, 3.63) is 12.2 Å². The second kappa shape index (κ2) is 3.81. The first-order chi connectivity index (χ1) is 6.36. The van der Waals surface area contributed by atoms with Crippen LogP contribution in [-0.4, -0.2) is 36.1 Å². The summed E-state index contributed by atoms with van der Waals surface area (Å²) in [4.78, 5) is 2.62. The molecule has 0 saturated carbocycles. The van der Waals surface area contributed by atoms with Crippen molar-refractivity contribution in [3.8, 4) is 10.8 Å². The average molecular weight is 245 g/mol. The fourth-order valence-electron chi connectivity index (χ4n) is 1.29. The van der Waals surface area contributed by atoms with Gasteiger partial charge in [-0.2, -0.15) is 0 Å². The molecule has 0 spiro atoms. The third kappa shape index (κ3) is 2.12. The molecule has 4 heteroatoms. The van der Waals surface area contributed by atoms with Crippen LogP contribution in [0.2, 0.25) is 0 Å². The summed E-state index contributed by atoms with van der Waals surface area (Å²) in [6.45, 7) is 0.0583. The van der Waals surface area contributed by atoms with E-state index in [2.05, 4.69) is 26.7 Å². The first kappa shape index (κ1) is 9.22. The van der Waals surface area contributed by atoms with Gasteiger partial charge in [-0.05, 0) is 4.83 Å². The molecule has 2 fully saturated rings. The van der Waals surface area contributed by atoms with Crippen LogP contribution in [0, 0.1) is 10.8 Å². The number of hydrogen-bond acceptors (Lipinski definition) is 3. The highest BCUT2D eigenvalue weighted by Crippen LogP contribution is 2.38. The van der Waals surface area contributed by atoms with Crippen molar-refractivity contribution in [2.24, 2.45) is 0 Å². The Balaban J connectivity index is 1.75. The van der Waals surface area contributed by atoms with Crippen LogP contribution in [0.3, 0.4) is 0 Å². The second-order valence-corrected chi connectivity index (χ2v) is 3.33. The zero-order chi connectivity index (χ0) is 9.26. The molecule has 0 aromatic heterocycles. The van der Waals surface area contributed by atoms with Gasteiger partial charge in [0.25, 0.3) is 0 Å². The zero-order valence-electron chi connectivity index (χ0n) is 6.81. The van der Waals surface area contributed by atoms with Crippen LogP contribution in [-0.2, 0) is 9.47 Å². The minimum absolute atomic E-state index is 0.0249. The molecular formula is C9H9BrO3. The van der Waals surface area contributed by atoms with Crippen LogP contribution in [0.1, 0.15) is 0 Å². The van der Waals surface area contributed by atoms with Crippen LogP contribution in [0.5, 0.6) is 0 Å². The van der Waals surface area contributed by atoms with E-state index in [-0.39, 0.29) is 31.0 Å². The summed E-state index contributed by atoms with van der Waals surface area (Å²) in [6, 6.07) is 0. The number of aliphatic hydroxyl groups excluding tert-OH is 1. The first-order valence-corrected chi connectivity index (χ1v) is 4.85. The van der Waals surface area contributed by atoms with Gasteiger partial charge >= 0.3 is 0 Å². The van der Waals surface area contributed by atoms with Crippen molar-refractivity contribution < 1.29 is 14.6 Å². The number of aliphatic hydroxyl groups is 1. The Morgan fingerprint density at radius 3 is 2.92 bits per heavy atom. The predicted octanol–water partition coefficient (Wildman–Crippen LogP) is 0.425. The quantitative estimate of drug-likeness (QED) is 0.445. The Morgan fingerprint density at radius 1 is 1.38 bits per heavy atom. The molecule has 2 saturated heterocycles. The Kier molecular flexibility index (Phi) is 2.70. The number of ether oxygens (including phenoxy) is 2. The van der Waals surface area contributed by atoms with Crippen molar-refractivity contribution in [3.63, 3.8) is 0 Å². The number of halogens is 1. The van der Waals surface area contributed by atoms with E-state index in [0.29, 0.717) is 0 Å². The van der Waals surface area contributed by atoms with Crippen molar-refractivity contribution >= 4 is 15.9 Å². The third-order valence-corrected chi connectivity index (χ3v) is 2.27. The standard InChI is InChI=1S/C9H9BrO3/c10-4-3-7-9(13-7)8-6(12-8)2-1-5-11/h1-2,6-9,11H,5H2/b2-1+. The Morgan fingerprint density at radius 2 is 2.23 bits per heavy atom. The van der Waals surface area contributed by atoms with Crippen LogP contribution in [0.25, 0.3) is 0 Å². The van der Waals surface area contributed by atoms with Gasteiger partial charge in [0.15, 0.2) is 0 Å². The summed E-state index contributed by atoms with van der Waals surface area (Å²) in [5.74, 6) is 2.86. The van der Waals surface area contributed by atoms with Crippen LogP contribution < -0.4 is 0 Å². The zero-order valence-corrected chi connectivity index (χ0v) is 8.40. The molecule has 0 aromatic carbocycles. The van der Waals surface area contributed by atoms with Gasteiger partial charge in [0.2, 0.25) is 0 Å². The maximum Gasteiger partial charge on any atom is 0.148 e. The van der Waals surface area contributed by atoms with Gasteiger partial charge < -0.3 is 14.6 Å². The van der Waals surface area contributed by atoms with E-state index >= 15 is 0 Å². The molecule has 4 atom stereocenters. The van der Waals surface area contributed by atoms with E-state index in [9.17, 15) is 0 Å². The third-order valence-electron chi connectivity index (χ3n) is 2.04. The summed E-state index contributed by atoms with van der Waals surface area (Å²) in [7, 11) is 0. The van der Waals surface area contributed by atoms with Gasteiger partial charge in [0.05, 0.1) is 6.61 Å². The lowest BCUT2D eigenvalue weighted by molar-refractivity contribution is 0.316. The number of rotatable bonds is 3. The lowest BCUT2D eigenvalue weighted by Gasteiger charge is -1.79. The van der Waals surface area contributed by atoms with Gasteiger partial charge in [0, 0.05) is 15.9 Å². The lowest BCUT2D eigenvalue weighted by atomic mass is 10.2. The fourth-order valence-corrected chi connectivity index (χ4v) is 1.52. The molecule has 2 aliphatic heterocycles. The highest BCUT2D eigenvalue weighted by atomic mass is 79.9. The van der Waals surface area contributed by atoms with E-state index < -0.39 is 0 Å². The van der Waals surface area contributed by atoms with Crippen molar-refractivity contribution in [1.82, 2.24) is 0 Å². The summed E-state index contributed by atoms with van der Waals surface area (Å²) in [5.41, 5.74) is 0. The maximum atomic E-state index is 8.52. The summed E-state index contributed by atoms with van der Waals surface area (Å²) >= 11 is 3.02. The topological polar surface area (TPSA) is 45.3 Å². The van der Waals surface area contributed by atoms with E-state index in [0.717, 1.165) is 0 Å². The molecule has 1 N–H and O–H groups in total. The highest BCUT2D eigenvalue weighted by molar-refractivity contribution is 9.12. The normalized spacial score (nSPS) is 41.4. The Hall–Kier alpha value is -0.340. The molecule has 70 valence electrons. The fraction of sp³-hybridized carbons (Fsp3) is 0.556. The number of epoxide rings is 2. The molecule has 2 heterocycles. The molecule has 0 radical (unpaired) electrons. The molecule has 13 heavy (non-hydrogen) atoms. The average Bonchev–Trinajstić information content (AvgIpc) is 2.94. The molecule has 0 bridgehead atoms. The Bertz CT molecular complexity index is 278. The highest BCUT2D eigenvalue weighted by Gasteiger charge is 2.55. The van der Waals surface area contributed by atoms with E-state index in [1.54, 1.807) is 6.08 Å². The van der Waals surface area contributed by atoms with Crippen LogP contribution in [0.15, 0.2) is 12.2 Å². The molecule has 0 amide bonds. The summed E-state index contributed by atoms with van der Waals surface area (Å²) < 4.78 is 10.6. The van der Waals surface area contributed by atoms with Crippen LogP contribution >= 0.6 is 15.9 Å². The maximum absolute atomic E-state index is 8.52. The minimum atomic E-state index is 0.0249. The molecule has 0 aliphatic carbocycles. The smallest absolute Gasteiger partial charge is 0.148 e. The van der Waals surface area contributed by atoms with Crippen molar-refractivity contribution in [2.75, 3.05) is 6.61 Å². The van der Waals surface area contributed by atoms with Gasteiger partial charge in [-0.3, -0.25) is 0 Å². The minimum Gasteiger partial charge on any atom is -0.392 e. The SMILES string of the molecule is OC/C=C/C1OC1C1OC1C#CBr. The van der Waals surface area contributed by atoms with Crippen molar-refractivity contribution in [2.45, 2.75) is 24.4 Å². The van der Waals surface area contributed by atoms with E-state index in [1.165, 1.54) is 0 Å². The van der Waals surface area contributed by atoms with Gasteiger partial charge in [-0.25, -0.2) is 0 Å². The second-order valence-electron chi connectivity index (χ2n) is 2.94. The number of hydrogen-bond donors (Lipinski definition) is 1. The lowest BCUT2D eigenvalue weighted by Crippen LogP contribution is -2.03. The van der Waals surface area contributed by atoms with E-state index in [1.807, 2.05) is 6.08 Å². The molecule has 2 aliphatic rings. The van der Waals surface area contributed by atoms with E-state index in [4.69, 9.17) is 14.6 Å². The Labute approximate surface area is 84.8 Å². The molecular weight excluding hydrogens is 236 g/mol. The molecule has 4 unspecified atom stereocenters. The first-order valence-electron chi connectivity index (χ1n) is 4.06. The van der Waals surface area contributed by atoms with Gasteiger partial charge in [-0.15, -0.1) is 0 Å². The largest absolute Gasteiger partial charge is 0.392 e. The van der Waals surface area contributed by atoms with Gasteiger partial charge in [-0.1, -0.05) is 18.1 Å². The molecule has 0 aromatic rings. The monoisotopic (exact) mass is 244 g/mol. The molecule has 3 nitrogen and oxygen atoms in total. The summed E-state index contributed by atoms with van der Waals surface area (Å²) in [6.07, 6.45) is 3.93. The summed E-state index contributed by atoms with van der Waals surface area (Å²) in [5, 5.41) is 8.52.